The molecule has 4 nitrogen and oxygen atoms in total. The van der Waals surface area contributed by atoms with E-state index in [9.17, 15) is 0 Å². The third-order valence-electron chi connectivity index (χ3n) is 2.00. The van der Waals surface area contributed by atoms with Gasteiger partial charge in [-0.1, -0.05) is 11.6 Å². The highest BCUT2D eigenvalue weighted by Gasteiger charge is 2.02. The molecule has 2 N–H and O–H groups in total. The van der Waals surface area contributed by atoms with Crippen molar-refractivity contribution in [2.24, 2.45) is 0 Å². The van der Waals surface area contributed by atoms with Crippen molar-refractivity contribution in [2.75, 3.05) is 18.5 Å². The maximum atomic E-state index is 8.72. The highest BCUT2D eigenvalue weighted by atomic mass is 35.5. The molecular formula is C10H11Cl2N3O. The van der Waals surface area contributed by atoms with Crippen LogP contribution < -0.4 is 5.32 Å². The predicted molar refractivity (Wildman–Crippen MR) is 67.4 cm³/mol. The van der Waals surface area contributed by atoms with E-state index in [1.54, 1.807) is 12.1 Å². The van der Waals surface area contributed by atoms with Gasteiger partial charge in [-0.15, -0.1) is 12.4 Å². The Kier molecular flexibility index (Phi) is 4.73. The van der Waals surface area contributed by atoms with Crippen LogP contribution >= 0.6 is 24.0 Å². The largest absolute Gasteiger partial charge is 0.395 e. The summed E-state index contributed by atoms with van der Waals surface area (Å²) in [6.07, 6.45) is 1.47. The number of aliphatic hydroxyl groups is 1. The average Bonchev–Trinajstić information content (AvgIpc) is 2.25. The molecule has 0 aliphatic rings. The molecule has 16 heavy (non-hydrogen) atoms. The molecule has 0 amide bonds. The summed E-state index contributed by atoms with van der Waals surface area (Å²) in [6.45, 7) is 0.536. The van der Waals surface area contributed by atoms with Gasteiger partial charge < -0.3 is 10.4 Å². The summed E-state index contributed by atoms with van der Waals surface area (Å²) < 4.78 is 0. The van der Waals surface area contributed by atoms with Gasteiger partial charge in [0.1, 0.15) is 12.1 Å². The van der Waals surface area contributed by atoms with Crippen molar-refractivity contribution in [3.63, 3.8) is 0 Å². The third kappa shape index (κ3) is 2.72. The molecule has 2 aromatic rings. The second-order valence-electron chi connectivity index (χ2n) is 3.03. The standard InChI is InChI=1S/C10H10ClN3O.ClH/c11-7-1-2-8-9(5-7)13-6-14-10(8)12-3-4-15;/h1-2,5-6,15H,3-4H2,(H,12,13,14);1H. The molecule has 1 aromatic heterocycles. The summed E-state index contributed by atoms with van der Waals surface area (Å²) in [5, 5.41) is 13.3. The van der Waals surface area contributed by atoms with Crippen molar-refractivity contribution in [3.8, 4) is 0 Å². The molecule has 0 bridgehead atoms. The number of hydrogen-bond acceptors (Lipinski definition) is 4. The van der Waals surface area contributed by atoms with Crippen LogP contribution in [0.4, 0.5) is 5.82 Å². The smallest absolute Gasteiger partial charge is 0.137 e. The van der Waals surface area contributed by atoms with E-state index in [1.165, 1.54) is 6.33 Å². The molecule has 2 rings (SSSR count). The van der Waals surface area contributed by atoms with Crippen LogP contribution in [0, 0.1) is 0 Å². The minimum Gasteiger partial charge on any atom is -0.395 e. The molecule has 0 saturated carbocycles. The van der Waals surface area contributed by atoms with E-state index < -0.39 is 0 Å². The lowest BCUT2D eigenvalue weighted by molar-refractivity contribution is 0.311. The van der Waals surface area contributed by atoms with Gasteiger partial charge in [-0.3, -0.25) is 0 Å². The summed E-state index contributed by atoms with van der Waals surface area (Å²) in [4.78, 5) is 8.21. The monoisotopic (exact) mass is 259 g/mol. The molecule has 0 spiro atoms. The first-order valence-electron chi connectivity index (χ1n) is 4.56. The van der Waals surface area contributed by atoms with E-state index in [2.05, 4.69) is 15.3 Å². The molecule has 0 radical (unpaired) electrons. The fourth-order valence-electron chi connectivity index (χ4n) is 1.35. The topological polar surface area (TPSA) is 58.0 Å². The second-order valence-corrected chi connectivity index (χ2v) is 3.47. The Hall–Kier alpha value is -1.10. The number of halogens is 2. The second kappa shape index (κ2) is 5.84. The van der Waals surface area contributed by atoms with Crippen molar-refractivity contribution in [1.29, 1.82) is 0 Å². The number of nitrogens with zero attached hydrogens (tertiary/aromatic N) is 2. The zero-order valence-corrected chi connectivity index (χ0v) is 9.92. The van der Waals surface area contributed by atoms with Gasteiger partial charge >= 0.3 is 0 Å². The zero-order valence-electron chi connectivity index (χ0n) is 8.35. The Balaban J connectivity index is 0.00000128. The molecule has 0 saturated heterocycles. The molecule has 0 fully saturated rings. The Bertz CT molecular complexity index is 479. The summed E-state index contributed by atoms with van der Waals surface area (Å²) in [5.74, 6) is 0.714. The minimum absolute atomic E-state index is 0. The molecule has 0 atom stereocenters. The summed E-state index contributed by atoms with van der Waals surface area (Å²) in [6, 6.07) is 5.43. The van der Waals surface area contributed by atoms with Gasteiger partial charge in [0.15, 0.2) is 0 Å². The Morgan fingerprint density at radius 2 is 2.12 bits per heavy atom. The SMILES string of the molecule is Cl.OCCNc1ncnc2cc(Cl)ccc12. The van der Waals surface area contributed by atoms with Crippen LogP contribution in [-0.2, 0) is 0 Å². The third-order valence-corrected chi connectivity index (χ3v) is 2.24. The van der Waals surface area contributed by atoms with Crippen molar-refractivity contribution in [2.45, 2.75) is 0 Å². The molecule has 0 aliphatic carbocycles. The first kappa shape index (κ1) is 13.0. The summed E-state index contributed by atoms with van der Waals surface area (Å²) >= 11 is 5.85. The number of hydrogen-bond donors (Lipinski definition) is 2. The van der Waals surface area contributed by atoms with E-state index in [0.717, 1.165) is 10.9 Å². The van der Waals surface area contributed by atoms with E-state index >= 15 is 0 Å². The summed E-state index contributed by atoms with van der Waals surface area (Å²) in [7, 11) is 0. The van der Waals surface area contributed by atoms with Crippen LogP contribution in [0.5, 0.6) is 0 Å². The highest BCUT2D eigenvalue weighted by Crippen LogP contribution is 2.22. The molecular weight excluding hydrogens is 249 g/mol. The van der Waals surface area contributed by atoms with Gasteiger partial charge in [0.25, 0.3) is 0 Å². The summed E-state index contributed by atoms with van der Waals surface area (Å²) in [5.41, 5.74) is 0.790. The predicted octanol–water partition coefficient (Wildman–Crippen LogP) is 2.11. The molecule has 0 aliphatic heterocycles. The Morgan fingerprint density at radius 1 is 1.31 bits per heavy atom. The quantitative estimate of drug-likeness (QED) is 0.887. The van der Waals surface area contributed by atoms with Gasteiger partial charge in [0.05, 0.1) is 12.1 Å². The van der Waals surface area contributed by atoms with Crippen molar-refractivity contribution in [3.05, 3.63) is 29.5 Å². The Morgan fingerprint density at radius 3 is 2.88 bits per heavy atom. The number of aromatic nitrogens is 2. The van der Waals surface area contributed by atoms with Crippen molar-refractivity contribution >= 4 is 40.7 Å². The number of benzene rings is 1. The van der Waals surface area contributed by atoms with Crippen molar-refractivity contribution < 1.29 is 5.11 Å². The number of fused-ring (bicyclic) bond motifs is 1. The van der Waals surface area contributed by atoms with Crippen LogP contribution in [-0.4, -0.2) is 28.2 Å². The van der Waals surface area contributed by atoms with Crippen LogP contribution in [0.3, 0.4) is 0 Å². The number of aliphatic hydroxyl groups excluding tert-OH is 1. The van der Waals surface area contributed by atoms with Crippen LogP contribution in [0.1, 0.15) is 0 Å². The molecule has 1 aromatic carbocycles. The first-order chi connectivity index (χ1) is 7.31. The maximum absolute atomic E-state index is 8.72. The van der Waals surface area contributed by atoms with Gasteiger partial charge in [0.2, 0.25) is 0 Å². The zero-order chi connectivity index (χ0) is 10.7. The Labute approximate surface area is 104 Å². The minimum atomic E-state index is 0. The fourth-order valence-corrected chi connectivity index (χ4v) is 1.51. The van der Waals surface area contributed by atoms with E-state index in [0.29, 0.717) is 17.4 Å². The van der Waals surface area contributed by atoms with Crippen molar-refractivity contribution in [1.82, 2.24) is 9.97 Å². The normalized spacial score (nSPS) is 9.88. The van der Waals surface area contributed by atoms with Crippen LogP contribution in [0.2, 0.25) is 5.02 Å². The lowest BCUT2D eigenvalue weighted by Gasteiger charge is -2.06. The lowest BCUT2D eigenvalue weighted by Crippen LogP contribution is -2.07. The van der Waals surface area contributed by atoms with Gasteiger partial charge in [-0.05, 0) is 18.2 Å². The van der Waals surface area contributed by atoms with Crippen LogP contribution in [0.25, 0.3) is 10.9 Å². The van der Waals surface area contributed by atoms with E-state index in [4.69, 9.17) is 16.7 Å². The molecule has 0 unspecified atom stereocenters. The number of rotatable bonds is 3. The maximum Gasteiger partial charge on any atom is 0.137 e. The molecule has 1 heterocycles. The van der Waals surface area contributed by atoms with Gasteiger partial charge in [-0.2, -0.15) is 0 Å². The number of nitrogens with one attached hydrogen (secondary N) is 1. The lowest BCUT2D eigenvalue weighted by atomic mass is 10.2. The van der Waals surface area contributed by atoms with Crippen LogP contribution in [0.15, 0.2) is 24.5 Å². The van der Waals surface area contributed by atoms with E-state index in [1.807, 2.05) is 6.07 Å². The molecule has 86 valence electrons. The molecule has 6 heteroatoms. The van der Waals surface area contributed by atoms with E-state index in [-0.39, 0.29) is 19.0 Å². The fraction of sp³-hybridized carbons (Fsp3) is 0.200. The average molecular weight is 260 g/mol. The highest BCUT2D eigenvalue weighted by molar-refractivity contribution is 6.31. The number of anilines is 1. The van der Waals surface area contributed by atoms with Gasteiger partial charge in [0, 0.05) is 17.0 Å². The van der Waals surface area contributed by atoms with Gasteiger partial charge in [-0.25, -0.2) is 9.97 Å². The first-order valence-corrected chi connectivity index (χ1v) is 4.94.